The second-order valence-electron chi connectivity index (χ2n) is 5.10. The number of piperidine rings is 1. The molecule has 3 heterocycles. The molecule has 2 aliphatic rings. The van der Waals surface area contributed by atoms with E-state index in [0.717, 1.165) is 31.9 Å². The number of aromatic nitrogens is 2. The lowest BCUT2D eigenvalue weighted by atomic mass is 9.89. The van der Waals surface area contributed by atoms with E-state index in [1.165, 1.54) is 12.8 Å². The molecule has 6 nitrogen and oxygen atoms in total. The molecule has 1 fully saturated rings. The second kappa shape index (κ2) is 4.61. The molecule has 0 saturated carbocycles. The average Bonchev–Trinajstić information content (AvgIpc) is 2.83. The quantitative estimate of drug-likeness (QED) is 0.705. The van der Waals surface area contributed by atoms with E-state index in [4.69, 9.17) is 5.73 Å². The summed E-state index contributed by atoms with van der Waals surface area (Å²) >= 11 is 0. The van der Waals surface area contributed by atoms with Crippen LogP contribution in [0.5, 0.6) is 0 Å². The zero-order valence-electron chi connectivity index (χ0n) is 10.4. The van der Waals surface area contributed by atoms with Crippen molar-refractivity contribution in [3.63, 3.8) is 0 Å². The third kappa shape index (κ3) is 1.86. The number of hydrogen-bond donors (Lipinski definition) is 3. The van der Waals surface area contributed by atoms with E-state index in [0.29, 0.717) is 17.5 Å². The van der Waals surface area contributed by atoms with Crippen molar-refractivity contribution in [2.75, 3.05) is 25.0 Å². The van der Waals surface area contributed by atoms with Crippen molar-refractivity contribution in [1.29, 1.82) is 0 Å². The van der Waals surface area contributed by atoms with Crippen molar-refractivity contribution >= 4 is 11.7 Å². The molecule has 0 radical (unpaired) electrons. The molecule has 1 saturated heterocycles. The summed E-state index contributed by atoms with van der Waals surface area (Å²) in [4.78, 5) is 11.3. The summed E-state index contributed by atoms with van der Waals surface area (Å²) in [5.74, 6) is 0.982. The van der Waals surface area contributed by atoms with Crippen molar-refractivity contribution in [2.45, 2.75) is 25.3 Å². The van der Waals surface area contributed by atoms with Crippen LogP contribution in [0.1, 0.15) is 35.7 Å². The van der Waals surface area contributed by atoms with Gasteiger partial charge in [-0.3, -0.25) is 4.79 Å². The first-order chi connectivity index (χ1) is 8.77. The lowest BCUT2D eigenvalue weighted by Crippen LogP contribution is -2.38. The summed E-state index contributed by atoms with van der Waals surface area (Å²) in [6.07, 6.45) is 5.08. The van der Waals surface area contributed by atoms with Crippen molar-refractivity contribution in [1.82, 2.24) is 15.1 Å². The maximum atomic E-state index is 11.3. The Kier molecular flexibility index (Phi) is 2.95. The Bertz CT molecular complexity index is 449. The number of rotatable bonds is 2. The minimum Gasteiger partial charge on any atom is -0.370 e. The number of carbonyl (C=O) groups excluding carboxylic acids is 1. The summed E-state index contributed by atoms with van der Waals surface area (Å²) in [6, 6.07) is 0.377. The normalized spacial score (nSPS) is 27.3. The fourth-order valence-corrected chi connectivity index (χ4v) is 3.07. The third-order valence-electron chi connectivity index (χ3n) is 3.99. The number of primary amides is 1. The van der Waals surface area contributed by atoms with Gasteiger partial charge in [-0.05, 0) is 38.3 Å². The highest BCUT2D eigenvalue weighted by Gasteiger charge is 2.31. The van der Waals surface area contributed by atoms with E-state index in [1.807, 2.05) is 4.68 Å². The summed E-state index contributed by atoms with van der Waals surface area (Å²) in [7, 11) is 0. The zero-order valence-corrected chi connectivity index (χ0v) is 10.4. The molecule has 0 bridgehead atoms. The SMILES string of the molecule is NC(=O)c1cnn2c1NCCC2C1CCCNC1. The first-order valence-electron chi connectivity index (χ1n) is 6.59. The van der Waals surface area contributed by atoms with Gasteiger partial charge in [-0.25, -0.2) is 4.68 Å². The molecular formula is C12H19N5O. The smallest absolute Gasteiger partial charge is 0.254 e. The fourth-order valence-electron chi connectivity index (χ4n) is 3.07. The highest BCUT2D eigenvalue weighted by atomic mass is 16.1. The Morgan fingerprint density at radius 2 is 2.33 bits per heavy atom. The van der Waals surface area contributed by atoms with E-state index in [2.05, 4.69) is 15.7 Å². The summed E-state index contributed by atoms with van der Waals surface area (Å²) in [5.41, 5.74) is 5.86. The van der Waals surface area contributed by atoms with E-state index in [9.17, 15) is 4.79 Å². The van der Waals surface area contributed by atoms with Crippen LogP contribution in [-0.4, -0.2) is 35.3 Å². The van der Waals surface area contributed by atoms with Gasteiger partial charge >= 0.3 is 0 Å². The van der Waals surface area contributed by atoms with Gasteiger partial charge in [0, 0.05) is 6.54 Å². The van der Waals surface area contributed by atoms with Crippen LogP contribution in [-0.2, 0) is 0 Å². The van der Waals surface area contributed by atoms with E-state index in [1.54, 1.807) is 6.20 Å². The van der Waals surface area contributed by atoms with Gasteiger partial charge in [0.25, 0.3) is 5.91 Å². The number of carbonyl (C=O) groups is 1. The number of nitrogens with zero attached hydrogens (tertiary/aromatic N) is 2. The molecule has 98 valence electrons. The summed E-state index contributed by atoms with van der Waals surface area (Å²) in [5, 5.41) is 11.0. The number of anilines is 1. The Hall–Kier alpha value is -1.56. The first kappa shape index (κ1) is 11.5. The maximum Gasteiger partial charge on any atom is 0.254 e. The van der Waals surface area contributed by atoms with Gasteiger partial charge < -0.3 is 16.4 Å². The molecule has 0 aliphatic carbocycles. The maximum absolute atomic E-state index is 11.3. The lowest BCUT2D eigenvalue weighted by Gasteiger charge is -2.34. The van der Waals surface area contributed by atoms with Crippen LogP contribution in [0.4, 0.5) is 5.82 Å². The highest BCUT2D eigenvalue weighted by Crippen LogP contribution is 2.34. The Morgan fingerprint density at radius 1 is 1.44 bits per heavy atom. The number of fused-ring (bicyclic) bond motifs is 1. The number of nitrogens with two attached hydrogens (primary N) is 1. The van der Waals surface area contributed by atoms with Crippen LogP contribution in [0, 0.1) is 5.92 Å². The van der Waals surface area contributed by atoms with Gasteiger partial charge in [-0.2, -0.15) is 5.10 Å². The van der Waals surface area contributed by atoms with Crippen LogP contribution in [0.2, 0.25) is 0 Å². The van der Waals surface area contributed by atoms with Crippen molar-refractivity contribution in [2.24, 2.45) is 11.7 Å². The molecule has 1 aromatic rings. The van der Waals surface area contributed by atoms with Crippen molar-refractivity contribution in [3.8, 4) is 0 Å². The van der Waals surface area contributed by atoms with E-state index >= 15 is 0 Å². The topological polar surface area (TPSA) is 85.0 Å². The minimum atomic E-state index is -0.411. The van der Waals surface area contributed by atoms with E-state index in [-0.39, 0.29) is 0 Å². The van der Waals surface area contributed by atoms with Gasteiger partial charge in [0.15, 0.2) is 0 Å². The molecule has 1 amide bonds. The highest BCUT2D eigenvalue weighted by molar-refractivity contribution is 5.97. The number of amides is 1. The zero-order chi connectivity index (χ0) is 12.5. The predicted octanol–water partition coefficient (Wildman–Crippen LogP) is 0.338. The van der Waals surface area contributed by atoms with Crippen molar-refractivity contribution < 1.29 is 4.79 Å². The molecule has 6 heteroatoms. The van der Waals surface area contributed by atoms with Gasteiger partial charge in [0.05, 0.1) is 12.2 Å². The van der Waals surface area contributed by atoms with Crippen LogP contribution in [0.3, 0.4) is 0 Å². The monoisotopic (exact) mass is 249 g/mol. The third-order valence-corrected chi connectivity index (χ3v) is 3.99. The average molecular weight is 249 g/mol. The van der Waals surface area contributed by atoms with Crippen molar-refractivity contribution in [3.05, 3.63) is 11.8 Å². The molecular weight excluding hydrogens is 230 g/mol. The molecule has 4 N–H and O–H groups in total. The Balaban J connectivity index is 1.89. The van der Waals surface area contributed by atoms with Crippen LogP contribution < -0.4 is 16.4 Å². The largest absolute Gasteiger partial charge is 0.370 e. The predicted molar refractivity (Wildman–Crippen MR) is 68.5 cm³/mol. The van der Waals surface area contributed by atoms with E-state index < -0.39 is 5.91 Å². The van der Waals surface area contributed by atoms with Gasteiger partial charge in [-0.1, -0.05) is 0 Å². The summed E-state index contributed by atoms with van der Waals surface area (Å²) < 4.78 is 1.96. The van der Waals surface area contributed by atoms with Gasteiger partial charge in [0.2, 0.25) is 0 Å². The second-order valence-corrected chi connectivity index (χ2v) is 5.10. The standard InChI is InChI=1S/C12H19N5O/c13-11(18)9-7-16-17-10(3-5-15-12(9)17)8-2-1-4-14-6-8/h7-8,10,14-15H,1-6H2,(H2,13,18). The van der Waals surface area contributed by atoms with Crippen LogP contribution in [0.25, 0.3) is 0 Å². The molecule has 3 rings (SSSR count). The lowest BCUT2D eigenvalue weighted by molar-refractivity contribution is 0.100. The molecule has 18 heavy (non-hydrogen) atoms. The molecule has 0 spiro atoms. The van der Waals surface area contributed by atoms with Gasteiger partial charge in [-0.15, -0.1) is 0 Å². The first-order valence-corrected chi connectivity index (χ1v) is 6.59. The molecule has 0 aromatic carbocycles. The molecule has 2 atom stereocenters. The fraction of sp³-hybridized carbons (Fsp3) is 0.667. The Labute approximate surface area is 106 Å². The van der Waals surface area contributed by atoms with Crippen LogP contribution in [0.15, 0.2) is 6.20 Å². The molecule has 2 aliphatic heterocycles. The minimum absolute atomic E-state index is 0.377. The Morgan fingerprint density at radius 3 is 3.06 bits per heavy atom. The molecule has 1 aromatic heterocycles. The summed E-state index contributed by atoms with van der Waals surface area (Å²) in [6.45, 7) is 3.03. The molecule has 2 unspecified atom stereocenters. The van der Waals surface area contributed by atoms with Crippen LogP contribution >= 0.6 is 0 Å². The number of hydrogen-bond acceptors (Lipinski definition) is 4. The van der Waals surface area contributed by atoms with Gasteiger partial charge in [0.1, 0.15) is 11.4 Å². The number of nitrogens with one attached hydrogen (secondary N) is 2.